The maximum atomic E-state index is 13.3. The first-order valence-electron chi connectivity index (χ1n) is 8.43. The Kier molecular flexibility index (Phi) is 4.19. The molecule has 0 fully saturated rings. The van der Waals surface area contributed by atoms with Crippen LogP contribution in [0.25, 0.3) is 0 Å². The average molecular weight is 375 g/mol. The number of rotatable bonds is 3. The van der Waals surface area contributed by atoms with Gasteiger partial charge >= 0.3 is 0 Å². The molecule has 0 saturated heterocycles. The lowest BCUT2D eigenvalue weighted by Crippen LogP contribution is -2.40. The molecule has 1 amide bonds. The quantitative estimate of drug-likeness (QED) is 0.753. The number of halogens is 1. The van der Waals surface area contributed by atoms with Gasteiger partial charge in [-0.1, -0.05) is 54.1 Å². The number of hydrogen-bond donors (Lipinski definition) is 1. The molecule has 0 bridgehead atoms. The third-order valence-corrected chi connectivity index (χ3v) is 5.04. The number of fused-ring (bicyclic) bond motifs is 1. The molecule has 1 aliphatic heterocycles. The summed E-state index contributed by atoms with van der Waals surface area (Å²) < 4.78 is 0. The van der Waals surface area contributed by atoms with Gasteiger partial charge in [0.2, 0.25) is 0 Å². The third kappa shape index (κ3) is 2.78. The normalized spacial score (nSPS) is 18.3. The van der Waals surface area contributed by atoms with Crippen molar-refractivity contribution in [2.45, 2.75) is 12.1 Å². The molecule has 1 heterocycles. The van der Waals surface area contributed by atoms with Gasteiger partial charge < -0.3 is 10.0 Å². The van der Waals surface area contributed by atoms with Crippen LogP contribution in [-0.2, 0) is 16.9 Å². The summed E-state index contributed by atoms with van der Waals surface area (Å²) in [7, 11) is 0. The predicted octanol–water partition coefficient (Wildman–Crippen LogP) is 3.99. The Morgan fingerprint density at radius 2 is 1.78 bits per heavy atom. The molecule has 1 aliphatic rings. The summed E-state index contributed by atoms with van der Waals surface area (Å²) in [6, 6.07) is 23.1. The van der Waals surface area contributed by atoms with Gasteiger partial charge in [0.1, 0.15) is 0 Å². The lowest BCUT2D eigenvalue weighted by molar-refractivity contribution is -0.132. The summed E-state index contributed by atoms with van der Waals surface area (Å²) in [4.78, 5) is 14.9. The van der Waals surface area contributed by atoms with E-state index in [1.54, 1.807) is 53.4 Å². The Hall–Kier alpha value is -3.13. The van der Waals surface area contributed by atoms with Crippen molar-refractivity contribution in [2.24, 2.45) is 0 Å². The number of para-hydroxylation sites is 1. The number of aliphatic hydroxyl groups is 1. The van der Waals surface area contributed by atoms with Crippen LogP contribution >= 0.6 is 11.6 Å². The fraction of sp³-hybridized carbons (Fsp3) is 0.0909. The summed E-state index contributed by atoms with van der Waals surface area (Å²) in [5.74, 6) is -0.421. The summed E-state index contributed by atoms with van der Waals surface area (Å²) in [5, 5.41) is 20.8. The number of carbonyl (C=O) groups is 1. The van der Waals surface area contributed by atoms with Crippen molar-refractivity contribution in [1.82, 2.24) is 0 Å². The van der Waals surface area contributed by atoms with Crippen LogP contribution in [0.5, 0.6) is 0 Å². The minimum atomic E-state index is -1.78. The van der Waals surface area contributed by atoms with Crippen LogP contribution < -0.4 is 4.90 Å². The molecule has 4 nitrogen and oxygen atoms in total. The zero-order chi connectivity index (χ0) is 19.0. The zero-order valence-electron chi connectivity index (χ0n) is 14.3. The second kappa shape index (κ2) is 6.55. The van der Waals surface area contributed by atoms with Gasteiger partial charge in [0.15, 0.2) is 5.60 Å². The lowest BCUT2D eigenvalue weighted by Gasteiger charge is -2.24. The molecule has 4 rings (SSSR count). The van der Waals surface area contributed by atoms with E-state index < -0.39 is 11.5 Å². The second-order valence-electron chi connectivity index (χ2n) is 6.44. The standard InChI is InChI=1S/C22H15ClN2O2/c23-18-5-3-4-17(12-18)22(27)19-6-1-2-7-20(19)25(21(22)26)14-16-10-8-15(13-24)9-11-16/h1-12,27H,14H2. The Morgan fingerprint density at radius 3 is 2.48 bits per heavy atom. The van der Waals surface area contributed by atoms with E-state index in [9.17, 15) is 9.90 Å². The first-order chi connectivity index (χ1) is 13.0. The van der Waals surface area contributed by atoms with E-state index in [1.807, 2.05) is 24.3 Å². The van der Waals surface area contributed by atoms with Crippen LogP contribution in [0.4, 0.5) is 5.69 Å². The molecule has 1 atom stereocenters. The first-order valence-corrected chi connectivity index (χ1v) is 8.81. The molecule has 1 N–H and O–H groups in total. The minimum absolute atomic E-state index is 0.296. The molecule has 0 radical (unpaired) electrons. The number of nitrogens with zero attached hydrogens (tertiary/aromatic N) is 2. The molecule has 132 valence electrons. The first kappa shape index (κ1) is 17.3. The summed E-state index contributed by atoms with van der Waals surface area (Å²) in [6.07, 6.45) is 0. The molecule has 0 saturated carbocycles. The van der Waals surface area contributed by atoms with Gasteiger partial charge in [0.05, 0.1) is 23.9 Å². The van der Waals surface area contributed by atoms with Crippen molar-refractivity contribution in [3.8, 4) is 6.07 Å². The number of benzene rings is 3. The molecule has 0 aromatic heterocycles. The fourth-order valence-electron chi connectivity index (χ4n) is 3.45. The molecule has 3 aromatic carbocycles. The van der Waals surface area contributed by atoms with Crippen molar-refractivity contribution < 1.29 is 9.90 Å². The van der Waals surface area contributed by atoms with Crippen molar-refractivity contribution >= 4 is 23.2 Å². The summed E-state index contributed by atoms with van der Waals surface area (Å²) in [5.41, 5.74) is 1.28. The van der Waals surface area contributed by atoms with Crippen LogP contribution in [0, 0.1) is 11.3 Å². The van der Waals surface area contributed by atoms with E-state index in [-0.39, 0.29) is 0 Å². The summed E-state index contributed by atoms with van der Waals surface area (Å²) >= 11 is 6.09. The topological polar surface area (TPSA) is 64.3 Å². The SMILES string of the molecule is N#Cc1ccc(CN2C(=O)C(O)(c3cccc(Cl)c3)c3ccccc32)cc1. The van der Waals surface area contributed by atoms with Gasteiger partial charge in [-0.25, -0.2) is 0 Å². The van der Waals surface area contributed by atoms with Crippen LogP contribution in [0.1, 0.15) is 22.3 Å². The molecule has 0 aliphatic carbocycles. The maximum Gasteiger partial charge on any atom is 0.268 e. The minimum Gasteiger partial charge on any atom is -0.372 e. The number of anilines is 1. The van der Waals surface area contributed by atoms with Crippen LogP contribution in [0.15, 0.2) is 72.8 Å². The Balaban J connectivity index is 1.79. The molecule has 1 unspecified atom stereocenters. The number of carbonyl (C=O) groups excluding carboxylic acids is 1. The highest BCUT2D eigenvalue weighted by molar-refractivity contribution is 6.30. The largest absolute Gasteiger partial charge is 0.372 e. The predicted molar refractivity (Wildman–Crippen MR) is 103 cm³/mol. The number of nitriles is 1. The Morgan fingerprint density at radius 1 is 1.04 bits per heavy atom. The highest BCUT2D eigenvalue weighted by Crippen LogP contribution is 2.45. The molecule has 5 heteroatoms. The highest BCUT2D eigenvalue weighted by Gasteiger charge is 2.50. The van der Waals surface area contributed by atoms with Gasteiger partial charge in [0, 0.05) is 10.6 Å². The van der Waals surface area contributed by atoms with Crippen LogP contribution in [0.3, 0.4) is 0 Å². The molecular weight excluding hydrogens is 360 g/mol. The summed E-state index contributed by atoms with van der Waals surface area (Å²) in [6.45, 7) is 0.296. The second-order valence-corrected chi connectivity index (χ2v) is 6.87. The van der Waals surface area contributed by atoms with Gasteiger partial charge in [-0.05, 0) is 41.5 Å². The Bertz CT molecular complexity index is 1070. The van der Waals surface area contributed by atoms with Gasteiger partial charge in [-0.3, -0.25) is 4.79 Å². The maximum absolute atomic E-state index is 13.3. The van der Waals surface area contributed by atoms with E-state index >= 15 is 0 Å². The van der Waals surface area contributed by atoms with E-state index in [2.05, 4.69) is 6.07 Å². The lowest BCUT2D eigenvalue weighted by atomic mass is 9.87. The van der Waals surface area contributed by atoms with Gasteiger partial charge in [-0.2, -0.15) is 5.26 Å². The smallest absolute Gasteiger partial charge is 0.268 e. The third-order valence-electron chi connectivity index (χ3n) is 4.81. The van der Waals surface area contributed by atoms with Gasteiger partial charge in [0.25, 0.3) is 5.91 Å². The Labute approximate surface area is 161 Å². The van der Waals surface area contributed by atoms with E-state index in [4.69, 9.17) is 16.9 Å². The van der Waals surface area contributed by atoms with Crippen molar-refractivity contribution in [1.29, 1.82) is 5.26 Å². The van der Waals surface area contributed by atoms with E-state index in [0.717, 1.165) is 5.56 Å². The number of amides is 1. The van der Waals surface area contributed by atoms with E-state index in [0.29, 0.717) is 33.9 Å². The highest BCUT2D eigenvalue weighted by atomic mass is 35.5. The van der Waals surface area contributed by atoms with E-state index in [1.165, 1.54) is 0 Å². The number of hydrogen-bond acceptors (Lipinski definition) is 3. The van der Waals surface area contributed by atoms with Crippen molar-refractivity contribution in [2.75, 3.05) is 4.90 Å². The molecule has 3 aromatic rings. The molecule has 27 heavy (non-hydrogen) atoms. The average Bonchev–Trinajstić information content (AvgIpc) is 2.92. The monoisotopic (exact) mass is 374 g/mol. The zero-order valence-corrected chi connectivity index (χ0v) is 15.0. The fourth-order valence-corrected chi connectivity index (χ4v) is 3.64. The van der Waals surface area contributed by atoms with Crippen LogP contribution in [0.2, 0.25) is 5.02 Å². The van der Waals surface area contributed by atoms with Crippen LogP contribution in [-0.4, -0.2) is 11.0 Å². The molecule has 0 spiro atoms. The van der Waals surface area contributed by atoms with Crippen molar-refractivity contribution in [3.05, 3.63) is 100 Å². The molecular formula is C22H15ClN2O2. The van der Waals surface area contributed by atoms with Gasteiger partial charge in [-0.15, -0.1) is 0 Å². The van der Waals surface area contributed by atoms with Crippen molar-refractivity contribution in [3.63, 3.8) is 0 Å².